The highest BCUT2D eigenvalue weighted by Crippen LogP contribution is 2.15. The number of carboxylic acids is 1. The summed E-state index contributed by atoms with van der Waals surface area (Å²) < 4.78 is 0. The Labute approximate surface area is 101 Å². The van der Waals surface area contributed by atoms with E-state index in [9.17, 15) is 14.4 Å². The zero-order chi connectivity index (χ0) is 12.3. The summed E-state index contributed by atoms with van der Waals surface area (Å²) in [6, 6.07) is 3.84. The standard InChI is InChI=1S/C10H6Cl2O4/c11-9(15)6-1-5(3-8(13)14)2-7(4-6)10(12)16/h1-2,4H,3H2,(H,13,14). The van der Waals surface area contributed by atoms with Crippen LogP contribution >= 0.6 is 23.2 Å². The zero-order valence-corrected chi connectivity index (χ0v) is 9.38. The fourth-order valence-electron chi connectivity index (χ4n) is 1.20. The molecular formula is C10H6Cl2O4. The van der Waals surface area contributed by atoms with E-state index in [0.29, 0.717) is 5.56 Å². The predicted molar refractivity (Wildman–Crippen MR) is 58.1 cm³/mol. The highest BCUT2D eigenvalue weighted by Gasteiger charge is 2.11. The van der Waals surface area contributed by atoms with Crippen molar-refractivity contribution in [1.82, 2.24) is 0 Å². The molecular weight excluding hydrogens is 255 g/mol. The lowest BCUT2D eigenvalue weighted by atomic mass is 10.0. The maximum absolute atomic E-state index is 10.9. The van der Waals surface area contributed by atoms with Gasteiger partial charge in [-0.25, -0.2) is 0 Å². The third-order valence-electron chi connectivity index (χ3n) is 1.80. The number of halogens is 2. The maximum atomic E-state index is 10.9. The van der Waals surface area contributed by atoms with Crippen LogP contribution in [0, 0.1) is 0 Å². The van der Waals surface area contributed by atoms with Gasteiger partial charge in [0.25, 0.3) is 10.5 Å². The van der Waals surface area contributed by atoms with Crippen molar-refractivity contribution in [1.29, 1.82) is 0 Å². The average molecular weight is 261 g/mol. The van der Waals surface area contributed by atoms with Crippen molar-refractivity contribution in [2.24, 2.45) is 0 Å². The summed E-state index contributed by atoms with van der Waals surface area (Å²) in [5.74, 6) is -1.08. The molecule has 1 N–H and O–H groups in total. The van der Waals surface area contributed by atoms with Crippen LogP contribution in [0.25, 0.3) is 0 Å². The third kappa shape index (κ3) is 3.32. The molecule has 0 aliphatic carbocycles. The number of hydrogen-bond acceptors (Lipinski definition) is 3. The van der Waals surface area contributed by atoms with E-state index in [-0.39, 0.29) is 17.5 Å². The quantitative estimate of drug-likeness (QED) is 0.842. The van der Waals surface area contributed by atoms with Gasteiger partial charge in [-0.1, -0.05) is 0 Å². The van der Waals surface area contributed by atoms with Gasteiger partial charge in [-0.3, -0.25) is 14.4 Å². The minimum absolute atomic E-state index is 0.0458. The van der Waals surface area contributed by atoms with Crippen LogP contribution in [0.3, 0.4) is 0 Å². The first-order valence-electron chi connectivity index (χ1n) is 4.15. The Bertz CT molecular complexity index is 436. The van der Waals surface area contributed by atoms with Crippen molar-refractivity contribution in [2.75, 3.05) is 0 Å². The molecule has 0 unspecified atom stereocenters. The van der Waals surface area contributed by atoms with Gasteiger partial charge in [0.15, 0.2) is 0 Å². The van der Waals surface area contributed by atoms with Crippen LogP contribution in [-0.4, -0.2) is 21.6 Å². The second-order valence-electron chi connectivity index (χ2n) is 3.04. The summed E-state index contributed by atoms with van der Waals surface area (Å²) in [6.45, 7) is 0. The highest BCUT2D eigenvalue weighted by molar-refractivity contribution is 6.69. The van der Waals surface area contributed by atoms with Crippen LogP contribution in [0.2, 0.25) is 0 Å². The second-order valence-corrected chi connectivity index (χ2v) is 3.72. The summed E-state index contributed by atoms with van der Waals surface area (Å²) in [7, 11) is 0. The smallest absolute Gasteiger partial charge is 0.307 e. The first-order valence-corrected chi connectivity index (χ1v) is 4.91. The van der Waals surface area contributed by atoms with E-state index in [1.807, 2.05) is 0 Å². The van der Waals surface area contributed by atoms with Crippen molar-refractivity contribution in [3.05, 3.63) is 34.9 Å². The summed E-state index contributed by atoms with van der Waals surface area (Å²) in [5.41, 5.74) is 0.386. The van der Waals surface area contributed by atoms with E-state index in [1.165, 1.54) is 18.2 Å². The van der Waals surface area contributed by atoms with Crippen LogP contribution in [0.4, 0.5) is 0 Å². The Hall–Kier alpha value is -1.39. The molecule has 1 rings (SSSR count). The Morgan fingerprint density at radius 3 is 1.75 bits per heavy atom. The Balaban J connectivity index is 3.23. The number of carbonyl (C=O) groups excluding carboxylic acids is 2. The molecule has 0 saturated carbocycles. The van der Waals surface area contributed by atoms with Crippen LogP contribution in [0.15, 0.2) is 18.2 Å². The van der Waals surface area contributed by atoms with E-state index in [2.05, 4.69) is 0 Å². The van der Waals surface area contributed by atoms with E-state index >= 15 is 0 Å². The molecule has 0 radical (unpaired) electrons. The lowest BCUT2D eigenvalue weighted by Crippen LogP contribution is -2.04. The van der Waals surface area contributed by atoms with Crippen molar-refractivity contribution >= 4 is 39.7 Å². The molecule has 16 heavy (non-hydrogen) atoms. The second kappa shape index (κ2) is 5.09. The topological polar surface area (TPSA) is 71.4 Å². The van der Waals surface area contributed by atoms with Gasteiger partial charge in [-0.05, 0) is 47.0 Å². The normalized spacial score (nSPS) is 9.88. The number of carboxylic acid groups (broad SMARTS) is 1. The number of aliphatic carboxylic acids is 1. The lowest BCUT2D eigenvalue weighted by molar-refractivity contribution is -0.136. The Morgan fingerprint density at radius 2 is 1.44 bits per heavy atom. The number of benzene rings is 1. The molecule has 0 heterocycles. The van der Waals surface area contributed by atoms with Crippen LogP contribution in [-0.2, 0) is 11.2 Å². The van der Waals surface area contributed by atoms with Gasteiger partial charge >= 0.3 is 5.97 Å². The van der Waals surface area contributed by atoms with E-state index in [0.717, 1.165) is 0 Å². The van der Waals surface area contributed by atoms with Crippen LogP contribution in [0.1, 0.15) is 26.3 Å². The maximum Gasteiger partial charge on any atom is 0.307 e. The summed E-state index contributed by atoms with van der Waals surface area (Å²) in [5, 5.41) is 7.05. The van der Waals surface area contributed by atoms with Crippen LogP contribution < -0.4 is 0 Å². The summed E-state index contributed by atoms with van der Waals surface area (Å²) >= 11 is 10.5. The van der Waals surface area contributed by atoms with E-state index < -0.39 is 16.5 Å². The van der Waals surface area contributed by atoms with E-state index in [4.69, 9.17) is 28.3 Å². The molecule has 0 saturated heterocycles. The summed E-state index contributed by atoms with van der Waals surface area (Å²) in [4.78, 5) is 32.3. The summed E-state index contributed by atoms with van der Waals surface area (Å²) in [6.07, 6.45) is -0.310. The zero-order valence-electron chi connectivity index (χ0n) is 7.87. The molecule has 1 aromatic rings. The largest absolute Gasteiger partial charge is 0.481 e. The van der Waals surface area contributed by atoms with E-state index in [1.54, 1.807) is 0 Å². The molecule has 6 heteroatoms. The molecule has 0 aliphatic rings. The van der Waals surface area contributed by atoms with Gasteiger partial charge < -0.3 is 5.11 Å². The molecule has 0 bridgehead atoms. The molecule has 4 nitrogen and oxygen atoms in total. The lowest BCUT2D eigenvalue weighted by Gasteiger charge is -2.02. The van der Waals surface area contributed by atoms with Gasteiger partial charge in [0.2, 0.25) is 0 Å². The van der Waals surface area contributed by atoms with Crippen molar-refractivity contribution in [2.45, 2.75) is 6.42 Å². The molecule has 0 aliphatic heterocycles. The molecule has 0 spiro atoms. The van der Waals surface area contributed by atoms with Crippen molar-refractivity contribution < 1.29 is 19.5 Å². The van der Waals surface area contributed by atoms with Gasteiger partial charge in [0.05, 0.1) is 6.42 Å². The average Bonchev–Trinajstić information content (AvgIpc) is 2.15. The molecule has 1 aromatic carbocycles. The number of rotatable bonds is 4. The fourth-order valence-corrected chi connectivity index (χ4v) is 1.41. The van der Waals surface area contributed by atoms with Crippen molar-refractivity contribution in [3.63, 3.8) is 0 Å². The van der Waals surface area contributed by atoms with Gasteiger partial charge in [0.1, 0.15) is 0 Å². The first-order chi connectivity index (χ1) is 7.40. The van der Waals surface area contributed by atoms with Gasteiger partial charge in [0, 0.05) is 11.1 Å². The minimum atomic E-state index is -1.08. The Morgan fingerprint density at radius 1 is 1.00 bits per heavy atom. The molecule has 0 amide bonds. The minimum Gasteiger partial charge on any atom is -0.481 e. The van der Waals surface area contributed by atoms with Gasteiger partial charge in [-0.15, -0.1) is 0 Å². The molecule has 0 aromatic heterocycles. The first kappa shape index (κ1) is 12.7. The molecule has 84 valence electrons. The SMILES string of the molecule is O=C(O)Cc1cc(C(=O)Cl)cc(C(=O)Cl)c1. The fraction of sp³-hybridized carbons (Fsp3) is 0.100. The highest BCUT2D eigenvalue weighted by atomic mass is 35.5. The van der Waals surface area contributed by atoms with Crippen LogP contribution in [0.5, 0.6) is 0 Å². The monoisotopic (exact) mass is 260 g/mol. The third-order valence-corrected chi connectivity index (χ3v) is 2.24. The Kier molecular flexibility index (Phi) is 4.04. The number of hydrogen-bond donors (Lipinski definition) is 1. The predicted octanol–water partition coefficient (Wildman–Crippen LogP) is 2.07. The van der Waals surface area contributed by atoms with Crippen molar-refractivity contribution in [3.8, 4) is 0 Å². The molecule has 0 atom stereocenters. The molecule has 0 fully saturated rings. The van der Waals surface area contributed by atoms with Gasteiger partial charge in [-0.2, -0.15) is 0 Å². The number of carbonyl (C=O) groups is 3.